The van der Waals surface area contributed by atoms with Gasteiger partial charge in [0.1, 0.15) is 11.1 Å². The van der Waals surface area contributed by atoms with Crippen molar-refractivity contribution in [2.45, 2.75) is 59.5 Å². The first kappa shape index (κ1) is 16.3. The summed E-state index contributed by atoms with van der Waals surface area (Å²) in [6.45, 7) is 12.9. The van der Waals surface area contributed by atoms with Gasteiger partial charge < -0.3 is 4.74 Å². The Balaban J connectivity index is 2.73. The Morgan fingerprint density at radius 1 is 1.42 bits per heavy atom. The first-order chi connectivity index (χ1) is 8.75. The Morgan fingerprint density at radius 3 is 2.47 bits per heavy atom. The fraction of sp³-hybridized carbons (Fsp3) is 0.733. The first-order valence-electron chi connectivity index (χ1n) is 6.85. The van der Waals surface area contributed by atoms with Crippen LogP contribution in [0, 0.1) is 5.92 Å². The highest BCUT2D eigenvalue weighted by Gasteiger charge is 2.24. The van der Waals surface area contributed by atoms with Gasteiger partial charge in [-0.1, -0.05) is 34.6 Å². The van der Waals surface area contributed by atoms with Gasteiger partial charge in [-0.25, -0.2) is 4.98 Å². The average Bonchev–Trinajstić information content (AvgIpc) is 2.73. The van der Waals surface area contributed by atoms with Crippen LogP contribution in [-0.4, -0.2) is 23.5 Å². The minimum Gasteiger partial charge on any atom is -0.370 e. The molecule has 0 saturated heterocycles. The van der Waals surface area contributed by atoms with Crippen LogP contribution in [0.3, 0.4) is 0 Å². The molecule has 1 atom stereocenters. The second-order valence-corrected chi connectivity index (χ2v) is 7.08. The zero-order valence-corrected chi connectivity index (χ0v) is 13.6. The molecule has 3 nitrogen and oxygen atoms in total. The molecule has 0 amide bonds. The van der Waals surface area contributed by atoms with Crippen LogP contribution < -0.4 is 0 Å². The normalized spacial score (nSPS) is 13.8. The van der Waals surface area contributed by atoms with Crippen LogP contribution in [0.1, 0.15) is 52.2 Å². The van der Waals surface area contributed by atoms with Gasteiger partial charge >= 0.3 is 0 Å². The summed E-state index contributed by atoms with van der Waals surface area (Å²) < 4.78 is 5.54. The monoisotopic (exact) mass is 283 g/mol. The lowest BCUT2D eigenvalue weighted by molar-refractivity contribution is -0.132. The number of thiazole rings is 1. The number of ether oxygens (including phenoxy) is 1. The van der Waals surface area contributed by atoms with Gasteiger partial charge in [0.25, 0.3) is 0 Å². The number of carbonyl (C=O) groups excluding carboxylic acids is 1. The van der Waals surface area contributed by atoms with Gasteiger partial charge in [0.05, 0.1) is 12.1 Å². The molecule has 4 heteroatoms. The smallest absolute Gasteiger partial charge is 0.168 e. The van der Waals surface area contributed by atoms with Crippen molar-refractivity contribution in [3.05, 3.63) is 16.1 Å². The largest absolute Gasteiger partial charge is 0.370 e. The van der Waals surface area contributed by atoms with Gasteiger partial charge in [-0.3, -0.25) is 4.79 Å². The molecule has 19 heavy (non-hydrogen) atoms. The lowest BCUT2D eigenvalue weighted by Gasteiger charge is -2.19. The van der Waals surface area contributed by atoms with Crippen LogP contribution in [0.15, 0.2) is 5.38 Å². The lowest BCUT2D eigenvalue weighted by Crippen LogP contribution is -2.31. The summed E-state index contributed by atoms with van der Waals surface area (Å²) in [6, 6.07) is 0. The van der Waals surface area contributed by atoms with E-state index < -0.39 is 0 Å². The van der Waals surface area contributed by atoms with Crippen molar-refractivity contribution >= 4 is 17.1 Å². The van der Waals surface area contributed by atoms with Crippen LogP contribution in [0.4, 0.5) is 0 Å². The van der Waals surface area contributed by atoms with Crippen molar-refractivity contribution in [3.8, 4) is 0 Å². The molecule has 1 heterocycles. The average molecular weight is 283 g/mol. The molecule has 0 fully saturated rings. The van der Waals surface area contributed by atoms with Gasteiger partial charge in [-0.2, -0.15) is 0 Å². The highest BCUT2D eigenvalue weighted by atomic mass is 32.1. The highest BCUT2D eigenvalue weighted by molar-refractivity contribution is 7.09. The molecule has 1 rings (SSSR count). The summed E-state index contributed by atoms with van der Waals surface area (Å²) in [5.74, 6) is 0.334. The summed E-state index contributed by atoms with van der Waals surface area (Å²) >= 11 is 1.56. The molecule has 0 aliphatic rings. The number of Topliss-reactive ketones (excluding diaryl/α,β-unsaturated/α-hetero) is 1. The summed E-state index contributed by atoms with van der Waals surface area (Å²) in [5, 5.41) is 2.94. The zero-order chi connectivity index (χ0) is 14.6. The third-order valence-electron chi connectivity index (χ3n) is 2.91. The molecule has 0 radical (unpaired) electrons. The van der Waals surface area contributed by atoms with Crippen molar-refractivity contribution in [2.75, 3.05) is 6.61 Å². The maximum absolute atomic E-state index is 12.2. The standard InChI is InChI=1S/C15H25NO2S/c1-7-18-14(10(2)3)11(17)8-13-16-12(9-19-13)15(4,5)6/h9-10,14H,7-8H2,1-6H3. The van der Waals surface area contributed by atoms with E-state index >= 15 is 0 Å². The molecular formula is C15H25NO2S. The predicted octanol–water partition coefficient (Wildman–Crippen LogP) is 3.61. The van der Waals surface area contributed by atoms with E-state index in [1.807, 2.05) is 26.2 Å². The molecule has 0 aliphatic carbocycles. The molecule has 0 aromatic carbocycles. The quantitative estimate of drug-likeness (QED) is 0.800. The number of rotatable bonds is 6. The number of aromatic nitrogens is 1. The van der Waals surface area contributed by atoms with Gasteiger partial charge in [0, 0.05) is 17.4 Å². The van der Waals surface area contributed by atoms with Crippen molar-refractivity contribution in [1.29, 1.82) is 0 Å². The van der Waals surface area contributed by atoms with E-state index in [1.165, 1.54) is 0 Å². The van der Waals surface area contributed by atoms with E-state index in [4.69, 9.17) is 4.74 Å². The Kier molecular flexibility index (Phi) is 5.68. The lowest BCUT2D eigenvalue weighted by atomic mass is 9.93. The molecule has 0 aliphatic heterocycles. The van der Waals surface area contributed by atoms with Crippen LogP contribution >= 0.6 is 11.3 Å². The van der Waals surface area contributed by atoms with Crippen molar-refractivity contribution in [3.63, 3.8) is 0 Å². The summed E-state index contributed by atoms with van der Waals surface area (Å²) in [4.78, 5) is 16.8. The van der Waals surface area contributed by atoms with Crippen molar-refractivity contribution < 1.29 is 9.53 Å². The van der Waals surface area contributed by atoms with Gasteiger partial charge in [-0.05, 0) is 12.8 Å². The molecule has 0 spiro atoms. The van der Waals surface area contributed by atoms with E-state index in [1.54, 1.807) is 11.3 Å². The molecule has 0 N–H and O–H groups in total. The molecule has 0 bridgehead atoms. The van der Waals surface area contributed by atoms with Crippen LogP contribution in [0.5, 0.6) is 0 Å². The van der Waals surface area contributed by atoms with Crippen molar-refractivity contribution in [1.82, 2.24) is 4.98 Å². The Bertz CT molecular complexity index is 418. The van der Waals surface area contributed by atoms with Crippen molar-refractivity contribution in [2.24, 2.45) is 5.92 Å². The topological polar surface area (TPSA) is 39.2 Å². The molecule has 1 unspecified atom stereocenters. The highest BCUT2D eigenvalue weighted by Crippen LogP contribution is 2.24. The van der Waals surface area contributed by atoms with E-state index in [-0.39, 0.29) is 23.2 Å². The minimum absolute atomic E-state index is 0.0369. The maximum Gasteiger partial charge on any atom is 0.168 e. The molecular weight excluding hydrogens is 258 g/mol. The molecule has 108 valence electrons. The van der Waals surface area contributed by atoms with E-state index in [9.17, 15) is 4.79 Å². The van der Waals surface area contributed by atoms with E-state index in [0.717, 1.165) is 10.7 Å². The van der Waals surface area contributed by atoms with Gasteiger partial charge in [-0.15, -0.1) is 11.3 Å². The second kappa shape index (κ2) is 6.62. The molecule has 1 aromatic heterocycles. The first-order valence-corrected chi connectivity index (χ1v) is 7.72. The maximum atomic E-state index is 12.2. The fourth-order valence-corrected chi connectivity index (χ4v) is 2.85. The van der Waals surface area contributed by atoms with Crippen LogP contribution in [-0.2, 0) is 21.4 Å². The number of hydrogen-bond donors (Lipinski definition) is 0. The number of ketones is 1. The summed E-state index contributed by atoms with van der Waals surface area (Å²) in [6.07, 6.45) is 0.0656. The van der Waals surface area contributed by atoms with Gasteiger partial charge in [0.15, 0.2) is 5.78 Å². The molecule has 1 aromatic rings. The third kappa shape index (κ3) is 4.69. The van der Waals surface area contributed by atoms with Crippen LogP contribution in [0.2, 0.25) is 0 Å². The Morgan fingerprint density at radius 2 is 2.05 bits per heavy atom. The number of carbonyl (C=O) groups is 1. The Labute approximate surface area is 120 Å². The minimum atomic E-state index is -0.313. The number of hydrogen-bond acceptors (Lipinski definition) is 4. The summed E-state index contributed by atoms with van der Waals surface area (Å²) in [5.41, 5.74) is 1.09. The summed E-state index contributed by atoms with van der Waals surface area (Å²) in [7, 11) is 0. The van der Waals surface area contributed by atoms with Crippen LogP contribution in [0.25, 0.3) is 0 Å². The zero-order valence-electron chi connectivity index (χ0n) is 12.8. The van der Waals surface area contributed by atoms with E-state index in [2.05, 4.69) is 25.8 Å². The Hall–Kier alpha value is -0.740. The fourth-order valence-electron chi connectivity index (χ4n) is 1.82. The van der Waals surface area contributed by atoms with Gasteiger partial charge in [0.2, 0.25) is 0 Å². The molecule has 0 saturated carbocycles. The second-order valence-electron chi connectivity index (χ2n) is 6.14. The van der Waals surface area contributed by atoms with E-state index in [0.29, 0.717) is 13.0 Å². The third-order valence-corrected chi connectivity index (χ3v) is 3.76. The predicted molar refractivity (Wildman–Crippen MR) is 79.8 cm³/mol. The SMILES string of the molecule is CCOC(C(=O)Cc1nc(C(C)(C)C)cs1)C(C)C. The number of nitrogens with zero attached hydrogens (tertiary/aromatic N) is 1.